The van der Waals surface area contributed by atoms with E-state index in [4.69, 9.17) is 9.47 Å². The summed E-state index contributed by atoms with van der Waals surface area (Å²) in [5.41, 5.74) is 1.75. The molecule has 2 N–H and O–H groups in total. The quantitative estimate of drug-likeness (QED) is 0.854. The molecule has 0 amide bonds. The molecule has 1 aromatic carbocycles. The Bertz CT molecular complexity index is 649. The van der Waals surface area contributed by atoms with Crippen molar-refractivity contribution < 1.29 is 19.4 Å². The Hall–Kier alpha value is -2.50. The van der Waals surface area contributed by atoms with Gasteiger partial charge in [0.2, 0.25) is 0 Å². The van der Waals surface area contributed by atoms with E-state index in [9.17, 15) is 9.90 Å². The van der Waals surface area contributed by atoms with Gasteiger partial charge in [-0.05, 0) is 39.0 Å². The highest BCUT2D eigenvalue weighted by Gasteiger charge is 2.19. The van der Waals surface area contributed by atoms with Crippen molar-refractivity contribution in [3.05, 3.63) is 29.5 Å². The van der Waals surface area contributed by atoms with Crippen molar-refractivity contribution in [2.45, 2.75) is 20.8 Å². The fourth-order valence-corrected chi connectivity index (χ4v) is 2.10. The van der Waals surface area contributed by atoms with Crippen LogP contribution in [0.3, 0.4) is 0 Å². The molecule has 2 rings (SSSR count). The Kier molecular flexibility index (Phi) is 4.47. The van der Waals surface area contributed by atoms with Gasteiger partial charge in [0.05, 0.1) is 13.2 Å². The molecule has 0 saturated carbocycles. The standard InChI is InChI=1S/C15H18N2O4/c1-4-20-11-7-6-10(8-12(11)21-5-2)14-13(15(18)19)9(3)16-17-14/h6-8H,4-5H2,1-3H3,(H,16,17)(H,18,19). The second-order valence-electron chi connectivity index (χ2n) is 4.40. The summed E-state index contributed by atoms with van der Waals surface area (Å²) in [6.45, 7) is 6.47. The van der Waals surface area contributed by atoms with Gasteiger partial charge in [-0.15, -0.1) is 0 Å². The number of hydrogen-bond donors (Lipinski definition) is 2. The van der Waals surface area contributed by atoms with E-state index in [1.54, 1.807) is 25.1 Å². The zero-order valence-electron chi connectivity index (χ0n) is 12.3. The van der Waals surface area contributed by atoms with Gasteiger partial charge in [0, 0.05) is 11.3 Å². The van der Waals surface area contributed by atoms with Crippen molar-refractivity contribution in [1.29, 1.82) is 0 Å². The Morgan fingerprint density at radius 1 is 1.24 bits per heavy atom. The average molecular weight is 290 g/mol. The van der Waals surface area contributed by atoms with Crippen molar-refractivity contribution in [3.63, 3.8) is 0 Å². The second-order valence-corrected chi connectivity index (χ2v) is 4.40. The zero-order chi connectivity index (χ0) is 15.4. The first kappa shape index (κ1) is 14.9. The molecule has 0 saturated heterocycles. The van der Waals surface area contributed by atoms with Crippen LogP contribution in [-0.2, 0) is 0 Å². The minimum atomic E-state index is -1.01. The monoisotopic (exact) mass is 290 g/mol. The maximum atomic E-state index is 11.3. The summed E-state index contributed by atoms with van der Waals surface area (Å²) in [6, 6.07) is 5.28. The Labute approximate surface area is 122 Å². The molecule has 0 fully saturated rings. The van der Waals surface area contributed by atoms with Crippen LogP contribution >= 0.6 is 0 Å². The number of nitrogens with zero attached hydrogens (tertiary/aromatic N) is 1. The number of carboxylic acid groups (broad SMARTS) is 1. The number of carbonyl (C=O) groups is 1. The summed E-state index contributed by atoms with van der Waals surface area (Å²) in [5.74, 6) is 0.198. The molecule has 0 aliphatic heterocycles. The molecule has 0 aliphatic rings. The minimum Gasteiger partial charge on any atom is -0.490 e. The molecule has 1 aromatic heterocycles. The van der Waals surface area contributed by atoms with Gasteiger partial charge >= 0.3 is 5.97 Å². The predicted molar refractivity (Wildman–Crippen MR) is 78.1 cm³/mol. The number of ether oxygens (including phenoxy) is 2. The van der Waals surface area contributed by atoms with E-state index < -0.39 is 5.97 Å². The number of H-pyrrole nitrogens is 1. The van der Waals surface area contributed by atoms with E-state index in [0.717, 1.165) is 0 Å². The normalized spacial score (nSPS) is 10.4. The lowest BCUT2D eigenvalue weighted by Gasteiger charge is -2.12. The van der Waals surface area contributed by atoms with Crippen molar-refractivity contribution in [2.24, 2.45) is 0 Å². The number of benzene rings is 1. The van der Waals surface area contributed by atoms with Crippen LogP contribution in [0.5, 0.6) is 11.5 Å². The molecule has 2 aromatic rings. The van der Waals surface area contributed by atoms with Gasteiger partial charge in [-0.2, -0.15) is 5.10 Å². The number of aromatic amines is 1. The number of nitrogens with one attached hydrogen (secondary N) is 1. The largest absolute Gasteiger partial charge is 0.490 e. The minimum absolute atomic E-state index is 0.168. The van der Waals surface area contributed by atoms with Crippen molar-refractivity contribution in [1.82, 2.24) is 10.2 Å². The van der Waals surface area contributed by atoms with E-state index in [2.05, 4.69) is 10.2 Å². The molecule has 1 heterocycles. The van der Waals surface area contributed by atoms with Gasteiger partial charge in [0.25, 0.3) is 0 Å². The molecule has 0 unspecified atom stereocenters. The van der Waals surface area contributed by atoms with Gasteiger partial charge < -0.3 is 14.6 Å². The first-order chi connectivity index (χ1) is 10.1. The second kappa shape index (κ2) is 6.30. The SMILES string of the molecule is CCOc1ccc(-c2n[nH]c(C)c2C(=O)O)cc1OCC. The average Bonchev–Trinajstić information content (AvgIpc) is 2.83. The summed E-state index contributed by atoms with van der Waals surface area (Å²) < 4.78 is 11.0. The van der Waals surface area contributed by atoms with Crippen LogP contribution in [-0.4, -0.2) is 34.5 Å². The van der Waals surface area contributed by atoms with Crippen LogP contribution in [0.2, 0.25) is 0 Å². The fourth-order valence-electron chi connectivity index (χ4n) is 2.10. The van der Waals surface area contributed by atoms with Crippen LogP contribution in [0.15, 0.2) is 18.2 Å². The summed E-state index contributed by atoms with van der Waals surface area (Å²) >= 11 is 0. The van der Waals surface area contributed by atoms with E-state index in [1.807, 2.05) is 13.8 Å². The Morgan fingerprint density at radius 3 is 2.52 bits per heavy atom. The number of aryl methyl sites for hydroxylation is 1. The van der Waals surface area contributed by atoms with Crippen molar-refractivity contribution in [2.75, 3.05) is 13.2 Å². The lowest BCUT2D eigenvalue weighted by Crippen LogP contribution is -2.01. The smallest absolute Gasteiger partial charge is 0.339 e. The van der Waals surface area contributed by atoms with E-state index in [-0.39, 0.29) is 5.56 Å². The molecule has 0 atom stereocenters. The molecular weight excluding hydrogens is 272 g/mol. The zero-order valence-corrected chi connectivity index (χ0v) is 12.3. The number of rotatable bonds is 6. The Balaban J connectivity index is 2.50. The molecular formula is C15H18N2O4. The van der Waals surface area contributed by atoms with E-state index in [1.165, 1.54) is 0 Å². The van der Waals surface area contributed by atoms with Gasteiger partial charge in [-0.1, -0.05) is 0 Å². The lowest BCUT2D eigenvalue weighted by atomic mass is 10.1. The maximum Gasteiger partial charge on any atom is 0.339 e. The molecule has 112 valence electrons. The number of carboxylic acids is 1. The highest BCUT2D eigenvalue weighted by atomic mass is 16.5. The highest BCUT2D eigenvalue weighted by molar-refractivity contribution is 5.96. The van der Waals surface area contributed by atoms with Crippen LogP contribution in [0.25, 0.3) is 11.3 Å². The number of aromatic carboxylic acids is 1. The van der Waals surface area contributed by atoms with Crippen LogP contribution in [0, 0.1) is 6.92 Å². The molecule has 0 aliphatic carbocycles. The summed E-state index contributed by atoms with van der Waals surface area (Å²) in [4.78, 5) is 11.3. The lowest BCUT2D eigenvalue weighted by molar-refractivity contribution is 0.0697. The molecule has 21 heavy (non-hydrogen) atoms. The fraction of sp³-hybridized carbons (Fsp3) is 0.333. The molecule has 6 nitrogen and oxygen atoms in total. The summed E-state index contributed by atoms with van der Waals surface area (Å²) in [6.07, 6.45) is 0. The van der Waals surface area contributed by atoms with Gasteiger partial charge in [-0.25, -0.2) is 4.79 Å². The predicted octanol–water partition coefficient (Wildman–Crippen LogP) is 2.88. The molecule has 6 heteroatoms. The number of hydrogen-bond acceptors (Lipinski definition) is 4. The molecule has 0 spiro atoms. The van der Waals surface area contributed by atoms with Gasteiger partial charge in [0.1, 0.15) is 11.3 Å². The van der Waals surface area contributed by atoms with Crippen molar-refractivity contribution in [3.8, 4) is 22.8 Å². The van der Waals surface area contributed by atoms with Gasteiger partial charge in [0.15, 0.2) is 11.5 Å². The first-order valence-corrected chi connectivity index (χ1v) is 6.76. The topological polar surface area (TPSA) is 84.4 Å². The van der Waals surface area contributed by atoms with Crippen LogP contribution < -0.4 is 9.47 Å². The Morgan fingerprint density at radius 2 is 1.90 bits per heavy atom. The van der Waals surface area contributed by atoms with Crippen LogP contribution in [0.1, 0.15) is 29.9 Å². The van der Waals surface area contributed by atoms with E-state index in [0.29, 0.717) is 41.7 Å². The third-order valence-electron chi connectivity index (χ3n) is 2.98. The van der Waals surface area contributed by atoms with Crippen LogP contribution in [0.4, 0.5) is 0 Å². The molecule has 0 radical (unpaired) electrons. The third-order valence-corrected chi connectivity index (χ3v) is 2.98. The summed E-state index contributed by atoms with van der Waals surface area (Å²) in [7, 11) is 0. The highest BCUT2D eigenvalue weighted by Crippen LogP contribution is 2.33. The first-order valence-electron chi connectivity index (χ1n) is 6.76. The van der Waals surface area contributed by atoms with Gasteiger partial charge in [-0.3, -0.25) is 5.10 Å². The van der Waals surface area contributed by atoms with Crippen molar-refractivity contribution >= 4 is 5.97 Å². The maximum absolute atomic E-state index is 11.3. The molecule has 0 bridgehead atoms. The third kappa shape index (κ3) is 2.99. The number of aromatic nitrogens is 2. The summed E-state index contributed by atoms with van der Waals surface area (Å²) in [5, 5.41) is 16.1. The van der Waals surface area contributed by atoms with E-state index >= 15 is 0 Å².